The molecule has 3 aromatic rings. The minimum absolute atomic E-state index is 0.367. The van der Waals surface area contributed by atoms with Crippen molar-refractivity contribution in [1.82, 2.24) is 9.13 Å². The van der Waals surface area contributed by atoms with Crippen LogP contribution in [-0.2, 0) is 0 Å². The van der Waals surface area contributed by atoms with Crippen molar-refractivity contribution in [2.75, 3.05) is 35.5 Å². The Bertz CT molecular complexity index is 1150. The van der Waals surface area contributed by atoms with Crippen LogP contribution in [0.5, 0.6) is 28.7 Å². The van der Waals surface area contributed by atoms with Crippen molar-refractivity contribution >= 4 is 5.91 Å². The van der Waals surface area contributed by atoms with E-state index in [-0.39, 0.29) is 0 Å². The first-order valence-electron chi connectivity index (χ1n) is 9.28. The van der Waals surface area contributed by atoms with Crippen molar-refractivity contribution in [2.24, 2.45) is 0 Å². The fourth-order valence-electron chi connectivity index (χ4n) is 3.34. The molecule has 1 aromatic heterocycles. The Balaban J connectivity index is 2.27. The first-order valence-corrected chi connectivity index (χ1v) is 9.28. The van der Waals surface area contributed by atoms with E-state index < -0.39 is 11.6 Å². The molecule has 0 spiro atoms. The summed E-state index contributed by atoms with van der Waals surface area (Å²) in [5.74, 6) is 1.75. The molecular weight excluding hydrogens is 404 g/mol. The van der Waals surface area contributed by atoms with Gasteiger partial charge >= 0.3 is 5.69 Å². The van der Waals surface area contributed by atoms with E-state index in [2.05, 4.69) is 0 Å². The highest BCUT2D eigenvalue weighted by atomic mass is 16.5. The van der Waals surface area contributed by atoms with E-state index in [1.54, 1.807) is 36.5 Å². The predicted octanol–water partition coefficient (Wildman–Crippen LogP) is 3.01. The van der Waals surface area contributed by atoms with Crippen LogP contribution in [-0.4, -0.2) is 50.6 Å². The molecule has 31 heavy (non-hydrogen) atoms. The lowest BCUT2D eigenvalue weighted by molar-refractivity contribution is 0.0934. The molecule has 0 saturated heterocycles. The molecule has 0 N–H and O–H groups in total. The van der Waals surface area contributed by atoms with Gasteiger partial charge in [-0.25, -0.2) is 9.36 Å². The van der Waals surface area contributed by atoms with Gasteiger partial charge in [-0.15, -0.1) is 0 Å². The van der Waals surface area contributed by atoms with E-state index in [9.17, 15) is 9.59 Å². The summed E-state index contributed by atoms with van der Waals surface area (Å²) in [4.78, 5) is 25.5. The first-order chi connectivity index (χ1) is 14.9. The van der Waals surface area contributed by atoms with Crippen LogP contribution in [0.3, 0.4) is 0 Å². The Morgan fingerprint density at radius 1 is 0.774 bits per heavy atom. The van der Waals surface area contributed by atoms with E-state index >= 15 is 0 Å². The summed E-state index contributed by atoms with van der Waals surface area (Å²) in [5.41, 5.74) is 0.896. The number of nitrogens with zero attached hydrogens (tertiary/aromatic N) is 2. The number of ether oxygens (including phenoxy) is 5. The summed E-state index contributed by atoms with van der Waals surface area (Å²) in [6, 6.07) is 8.39. The fraction of sp³-hybridized carbons (Fsp3) is 0.273. The summed E-state index contributed by atoms with van der Waals surface area (Å²) >= 11 is 0. The summed E-state index contributed by atoms with van der Waals surface area (Å²) < 4.78 is 29.2. The minimum Gasteiger partial charge on any atom is -0.493 e. The average Bonchev–Trinajstić information content (AvgIpc) is 3.14. The highest BCUT2D eigenvalue weighted by Crippen LogP contribution is 2.41. The SMILES string of the molecule is COc1ccc(-n2cc(-c3cc(OC)c(OC)c(OC)c3)n(C(C)=O)c2=O)cc1OC. The molecule has 9 heteroatoms. The second-order valence-corrected chi connectivity index (χ2v) is 6.47. The predicted molar refractivity (Wildman–Crippen MR) is 115 cm³/mol. The molecule has 0 amide bonds. The molecule has 0 unspecified atom stereocenters. The molecule has 1 heterocycles. The van der Waals surface area contributed by atoms with E-state index in [4.69, 9.17) is 23.7 Å². The number of methoxy groups -OCH3 is 5. The molecule has 0 atom stereocenters. The zero-order valence-electron chi connectivity index (χ0n) is 18.2. The fourth-order valence-corrected chi connectivity index (χ4v) is 3.34. The molecule has 164 valence electrons. The number of benzene rings is 2. The van der Waals surface area contributed by atoms with E-state index in [0.29, 0.717) is 45.7 Å². The van der Waals surface area contributed by atoms with Gasteiger partial charge < -0.3 is 23.7 Å². The van der Waals surface area contributed by atoms with Gasteiger partial charge in [-0.2, -0.15) is 0 Å². The van der Waals surface area contributed by atoms with Gasteiger partial charge in [0.1, 0.15) is 0 Å². The van der Waals surface area contributed by atoms with Crippen LogP contribution in [0.2, 0.25) is 0 Å². The monoisotopic (exact) mass is 428 g/mol. The van der Waals surface area contributed by atoms with Crippen LogP contribution in [0.25, 0.3) is 16.9 Å². The van der Waals surface area contributed by atoms with Crippen LogP contribution in [0.1, 0.15) is 11.7 Å². The van der Waals surface area contributed by atoms with Crippen LogP contribution in [0, 0.1) is 0 Å². The van der Waals surface area contributed by atoms with E-state index in [1.807, 2.05) is 0 Å². The molecule has 0 aliphatic rings. The summed E-state index contributed by atoms with van der Waals surface area (Å²) in [7, 11) is 7.52. The molecule has 0 fully saturated rings. The normalized spacial score (nSPS) is 10.5. The van der Waals surface area contributed by atoms with Gasteiger partial charge in [0.15, 0.2) is 23.0 Å². The molecule has 0 bridgehead atoms. The number of carbonyl (C=O) groups excluding carboxylic acids is 1. The lowest BCUT2D eigenvalue weighted by Crippen LogP contribution is -2.27. The van der Waals surface area contributed by atoms with Gasteiger partial charge in [0, 0.05) is 24.8 Å². The van der Waals surface area contributed by atoms with Gasteiger partial charge in [0.05, 0.1) is 46.9 Å². The smallest absolute Gasteiger partial charge is 0.340 e. The Labute approximate surface area is 179 Å². The zero-order chi connectivity index (χ0) is 22.7. The molecule has 0 radical (unpaired) electrons. The van der Waals surface area contributed by atoms with Gasteiger partial charge in [-0.05, 0) is 24.3 Å². The molecule has 9 nitrogen and oxygen atoms in total. The molecule has 0 aliphatic carbocycles. The summed E-state index contributed by atoms with van der Waals surface area (Å²) in [6.07, 6.45) is 1.58. The maximum absolute atomic E-state index is 13.1. The Morgan fingerprint density at radius 2 is 1.35 bits per heavy atom. The number of carbonyl (C=O) groups is 1. The summed E-state index contributed by atoms with van der Waals surface area (Å²) in [5, 5.41) is 0. The third-order valence-corrected chi connectivity index (χ3v) is 4.81. The summed E-state index contributed by atoms with van der Waals surface area (Å²) in [6.45, 7) is 1.32. The molecule has 3 rings (SSSR count). The van der Waals surface area contributed by atoms with Crippen molar-refractivity contribution in [2.45, 2.75) is 6.92 Å². The van der Waals surface area contributed by atoms with Crippen LogP contribution >= 0.6 is 0 Å². The second kappa shape index (κ2) is 8.86. The Kier molecular flexibility index (Phi) is 6.24. The van der Waals surface area contributed by atoms with Gasteiger partial charge in [-0.3, -0.25) is 9.36 Å². The van der Waals surface area contributed by atoms with Crippen LogP contribution < -0.4 is 29.4 Å². The second-order valence-electron chi connectivity index (χ2n) is 6.47. The number of imidazole rings is 1. The molecule has 2 aromatic carbocycles. The molecule has 0 aliphatic heterocycles. The Morgan fingerprint density at radius 3 is 1.84 bits per heavy atom. The van der Waals surface area contributed by atoms with Crippen molar-refractivity contribution < 1.29 is 28.5 Å². The highest BCUT2D eigenvalue weighted by molar-refractivity contribution is 5.83. The molecule has 0 saturated carbocycles. The van der Waals surface area contributed by atoms with Gasteiger partial charge in [0.2, 0.25) is 11.7 Å². The third-order valence-electron chi connectivity index (χ3n) is 4.81. The number of hydrogen-bond donors (Lipinski definition) is 0. The quantitative estimate of drug-likeness (QED) is 0.571. The third kappa shape index (κ3) is 3.81. The lowest BCUT2D eigenvalue weighted by atomic mass is 10.1. The highest BCUT2D eigenvalue weighted by Gasteiger charge is 2.21. The largest absolute Gasteiger partial charge is 0.493 e. The average molecular weight is 428 g/mol. The maximum Gasteiger partial charge on any atom is 0.340 e. The topological polar surface area (TPSA) is 90.2 Å². The zero-order valence-corrected chi connectivity index (χ0v) is 18.2. The minimum atomic E-state index is -0.525. The number of hydrogen-bond acceptors (Lipinski definition) is 7. The molecular formula is C22H24N2O7. The van der Waals surface area contributed by atoms with Gasteiger partial charge in [0.25, 0.3) is 0 Å². The number of rotatable bonds is 7. The number of aromatic nitrogens is 2. The Hall–Kier alpha value is -3.88. The van der Waals surface area contributed by atoms with Gasteiger partial charge in [-0.1, -0.05) is 0 Å². The van der Waals surface area contributed by atoms with Crippen molar-refractivity contribution in [3.05, 3.63) is 47.0 Å². The maximum atomic E-state index is 13.1. The standard InChI is InChI=1S/C22H24N2O7/c1-13(25)24-16(14-9-19(29-4)21(31-6)20(10-14)30-5)12-23(22(24)26)15-7-8-17(27-2)18(11-15)28-3/h7-12H,1-6H3. The van der Waals surface area contributed by atoms with Crippen LogP contribution in [0.15, 0.2) is 41.3 Å². The van der Waals surface area contributed by atoms with Crippen molar-refractivity contribution in [3.8, 4) is 45.7 Å². The van der Waals surface area contributed by atoms with Crippen LogP contribution in [0.4, 0.5) is 0 Å². The van der Waals surface area contributed by atoms with E-state index in [0.717, 1.165) is 4.57 Å². The van der Waals surface area contributed by atoms with E-state index in [1.165, 1.54) is 47.0 Å². The first kappa shape index (κ1) is 21.8. The lowest BCUT2D eigenvalue weighted by Gasteiger charge is -2.14. The van der Waals surface area contributed by atoms with Crippen molar-refractivity contribution in [1.29, 1.82) is 0 Å². The van der Waals surface area contributed by atoms with Crippen molar-refractivity contribution in [3.63, 3.8) is 0 Å².